The Morgan fingerprint density at radius 2 is 2.11 bits per heavy atom. The molecule has 1 aromatic carbocycles. The number of fused-ring (bicyclic) bond motifs is 1. The molecule has 6 heteroatoms. The van der Waals surface area contributed by atoms with Crippen molar-refractivity contribution in [2.75, 3.05) is 6.54 Å². The lowest BCUT2D eigenvalue weighted by molar-refractivity contribution is 0.198. The molecule has 5 nitrogen and oxygen atoms in total. The Kier molecular flexibility index (Phi) is 3.60. The average Bonchev–Trinajstić information content (AvgIpc) is 2.36. The molecule has 0 radical (unpaired) electrons. The molecule has 18 heavy (non-hydrogen) atoms. The molecule has 0 spiro atoms. The highest BCUT2D eigenvalue weighted by Gasteiger charge is 2.17. The van der Waals surface area contributed by atoms with Crippen molar-refractivity contribution in [1.82, 2.24) is 9.71 Å². The van der Waals surface area contributed by atoms with Crippen LogP contribution in [0.4, 0.5) is 0 Å². The van der Waals surface area contributed by atoms with Gasteiger partial charge in [0, 0.05) is 18.1 Å². The van der Waals surface area contributed by atoms with Crippen LogP contribution in [-0.2, 0) is 10.0 Å². The van der Waals surface area contributed by atoms with Crippen LogP contribution in [0.1, 0.15) is 6.92 Å². The number of nitrogens with zero attached hydrogens (tertiary/aromatic N) is 1. The van der Waals surface area contributed by atoms with E-state index in [1.165, 1.54) is 13.0 Å². The zero-order chi connectivity index (χ0) is 13.2. The predicted molar refractivity (Wildman–Crippen MR) is 68.6 cm³/mol. The highest BCUT2D eigenvalue weighted by atomic mass is 32.2. The molecule has 2 N–H and O–H groups in total. The lowest BCUT2D eigenvalue weighted by Crippen LogP contribution is -2.30. The van der Waals surface area contributed by atoms with Crippen LogP contribution in [0.5, 0.6) is 0 Å². The van der Waals surface area contributed by atoms with Gasteiger partial charge in [0.25, 0.3) is 0 Å². The number of aromatic nitrogens is 1. The summed E-state index contributed by atoms with van der Waals surface area (Å²) in [5.41, 5.74) is 0.623. The van der Waals surface area contributed by atoms with E-state index in [1.54, 1.807) is 30.5 Å². The van der Waals surface area contributed by atoms with Gasteiger partial charge in [0.1, 0.15) is 0 Å². The van der Waals surface area contributed by atoms with Crippen LogP contribution in [-0.4, -0.2) is 31.2 Å². The predicted octanol–water partition coefficient (Wildman–Crippen LogP) is 0.894. The molecule has 0 aliphatic heterocycles. The van der Waals surface area contributed by atoms with Crippen LogP contribution >= 0.6 is 0 Å². The molecule has 1 atom stereocenters. The first-order valence-electron chi connectivity index (χ1n) is 5.52. The van der Waals surface area contributed by atoms with Gasteiger partial charge in [-0.25, -0.2) is 13.1 Å². The van der Waals surface area contributed by atoms with Crippen molar-refractivity contribution in [3.63, 3.8) is 0 Å². The first-order chi connectivity index (χ1) is 8.50. The lowest BCUT2D eigenvalue weighted by Gasteiger charge is -2.10. The summed E-state index contributed by atoms with van der Waals surface area (Å²) in [5, 5.41) is 9.70. The van der Waals surface area contributed by atoms with E-state index in [4.69, 9.17) is 5.11 Å². The van der Waals surface area contributed by atoms with Crippen molar-refractivity contribution in [3.8, 4) is 0 Å². The molecular formula is C12H14N2O3S. The smallest absolute Gasteiger partial charge is 0.241 e. The van der Waals surface area contributed by atoms with Crippen LogP contribution < -0.4 is 4.72 Å². The zero-order valence-corrected chi connectivity index (χ0v) is 10.7. The van der Waals surface area contributed by atoms with Gasteiger partial charge in [-0.15, -0.1) is 0 Å². The Hall–Kier alpha value is -1.50. The average molecular weight is 266 g/mol. The van der Waals surface area contributed by atoms with E-state index in [1.807, 2.05) is 0 Å². The summed E-state index contributed by atoms with van der Waals surface area (Å²) in [7, 11) is -3.63. The summed E-state index contributed by atoms with van der Waals surface area (Å²) in [6, 6.07) is 8.32. The first-order valence-corrected chi connectivity index (χ1v) is 7.00. The highest BCUT2D eigenvalue weighted by Crippen LogP contribution is 2.20. The van der Waals surface area contributed by atoms with Crippen LogP contribution in [0.2, 0.25) is 0 Å². The zero-order valence-electron chi connectivity index (χ0n) is 9.87. The molecule has 1 aromatic heterocycles. The van der Waals surface area contributed by atoms with Gasteiger partial charge in [-0.05, 0) is 31.2 Å². The minimum Gasteiger partial charge on any atom is -0.392 e. The van der Waals surface area contributed by atoms with Crippen molar-refractivity contribution in [2.45, 2.75) is 17.9 Å². The molecule has 1 heterocycles. The highest BCUT2D eigenvalue weighted by molar-refractivity contribution is 7.89. The maximum Gasteiger partial charge on any atom is 0.241 e. The summed E-state index contributed by atoms with van der Waals surface area (Å²) in [4.78, 5) is 4.28. The second kappa shape index (κ2) is 5.01. The van der Waals surface area contributed by atoms with Gasteiger partial charge in [0.15, 0.2) is 0 Å². The van der Waals surface area contributed by atoms with E-state index in [0.717, 1.165) is 0 Å². The van der Waals surface area contributed by atoms with E-state index >= 15 is 0 Å². The van der Waals surface area contributed by atoms with Crippen LogP contribution in [0, 0.1) is 0 Å². The van der Waals surface area contributed by atoms with Gasteiger partial charge >= 0.3 is 0 Å². The topological polar surface area (TPSA) is 79.3 Å². The van der Waals surface area contributed by atoms with Crippen LogP contribution in [0.3, 0.4) is 0 Å². The lowest BCUT2D eigenvalue weighted by atomic mass is 10.2. The minimum absolute atomic E-state index is 0.0149. The van der Waals surface area contributed by atoms with Crippen molar-refractivity contribution in [2.24, 2.45) is 0 Å². The van der Waals surface area contributed by atoms with E-state index in [-0.39, 0.29) is 11.4 Å². The monoisotopic (exact) mass is 266 g/mol. The number of rotatable bonds is 4. The summed E-state index contributed by atoms with van der Waals surface area (Å²) in [6.07, 6.45) is 0.884. The Morgan fingerprint density at radius 3 is 2.83 bits per heavy atom. The molecule has 0 unspecified atom stereocenters. The van der Waals surface area contributed by atoms with E-state index < -0.39 is 16.1 Å². The Balaban J connectivity index is 2.47. The summed E-state index contributed by atoms with van der Waals surface area (Å²) in [6.45, 7) is 1.51. The number of sulfonamides is 1. The molecule has 0 bridgehead atoms. The minimum atomic E-state index is -3.63. The third-order valence-electron chi connectivity index (χ3n) is 2.46. The van der Waals surface area contributed by atoms with Crippen molar-refractivity contribution in [3.05, 3.63) is 36.5 Å². The number of aliphatic hydroxyl groups excluding tert-OH is 1. The molecule has 2 rings (SSSR count). The quantitative estimate of drug-likeness (QED) is 0.861. The Bertz CT molecular complexity index is 648. The van der Waals surface area contributed by atoms with E-state index in [0.29, 0.717) is 10.9 Å². The Morgan fingerprint density at radius 1 is 1.33 bits per heavy atom. The van der Waals surface area contributed by atoms with Gasteiger partial charge < -0.3 is 5.11 Å². The standard InChI is InChI=1S/C12H14N2O3S/c1-9(15)8-14-18(16,17)12-6-2-5-11-10(12)4-3-7-13-11/h2-7,9,14-15H,8H2,1H3/t9-/m1/s1. The number of hydrogen-bond acceptors (Lipinski definition) is 4. The van der Waals surface area contributed by atoms with Crippen LogP contribution in [0.15, 0.2) is 41.4 Å². The molecule has 0 amide bonds. The molecule has 0 fully saturated rings. The van der Waals surface area contributed by atoms with Crippen molar-refractivity contribution < 1.29 is 13.5 Å². The molecule has 0 aliphatic carbocycles. The number of pyridine rings is 1. The number of aliphatic hydroxyl groups is 1. The van der Waals surface area contributed by atoms with Gasteiger partial charge in [0.05, 0.1) is 16.5 Å². The third kappa shape index (κ3) is 2.66. The van der Waals surface area contributed by atoms with Crippen molar-refractivity contribution >= 4 is 20.9 Å². The van der Waals surface area contributed by atoms with Gasteiger partial charge in [0.2, 0.25) is 10.0 Å². The molecule has 0 aliphatic rings. The molecule has 2 aromatic rings. The fourth-order valence-corrected chi connectivity index (χ4v) is 2.95. The van der Waals surface area contributed by atoms with E-state index in [9.17, 15) is 8.42 Å². The molecular weight excluding hydrogens is 252 g/mol. The van der Waals surface area contributed by atoms with Crippen molar-refractivity contribution in [1.29, 1.82) is 0 Å². The second-order valence-corrected chi connectivity index (χ2v) is 5.76. The normalized spacial score (nSPS) is 13.7. The summed E-state index contributed by atoms with van der Waals surface area (Å²) >= 11 is 0. The number of nitrogens with one attached hydrogen (secondary N) is 1. The van der Waals surface area contributed by atoms with Gasteiger partial charge in [-0.3, -0.25) is 4.98 Å². The molecule has 96 valence electrons. The fraction of sp³-hybridized carbons (Fsp3) is 0.250. The SMILES string of the molecule is C[C@@H](O)CNS(=O)(=O)c1cccc2ncccc12. The van der Waals surface area contributed by atoms with E-state index in [2.05, 4.69) is 9.71 Å². The fourth-order valence-electron chi connectivity index (χ4n) is 1.62. The second-order valence-electron chi connectivity index (χ2n) is 4.03. The van der Waals surface area contributed by atoms with Crippen LogP contribution in [0.25, 0.3) is 10.9 Å². The maximum absolute atomic E-state index is 12.1. The number of hydrogen-bond donors (Lipinski definition) is 2. The summed E-state index contributed by atoms with van der Waals surface area (Å²) in [5.74, 6) is 0. The largest absolute Gasteiger partial charge is 0.392 e. The molecule has 0 saturated carbocycles. The van der Waals surface area contributed by atoms with Gasteiger partial charge in [-0.1, -0.05) is 6.07 Å². The first kappa shape index (κ1) is 12.9. The maximum atomic E-state index is 12.1. The summed E-state index contributed by atoms with van der Waals surface area (Å²) < 4.78 is 26.6. The third-order valence-corrected chi connectivity index (χ3v) is 3.95. The Labute approximate surface area is 106 Å². The number of benzene rings is 1. The molecule has 0 saturated heterocycles. The van der Waals surface area contributed by atoms with Gasteiger partial charge in [-0.2, -0.15) is 0 Å².